The Hall–Kier alpha value is -0.823. The van der Waals surface area contributed by atoms with Crippen LogP contribution in [0.4, 0.5) is 0 Å². The van der Waals surface area contributed by atoms with Crippen molar-refractivity contribution >= 4 is 9.52 Å². The second-order valence-electron chi connectivity index (χ2n) is 7.79. The first-order valence-electron chi connectivity index (χ1n) is 8.95. The van der Waals surface area contributed by atoms with Gasteiger partial charge in [-0.05, 0) is 62.3 Å². The van der Waals surface area contributed by atoms with Crippen molar-refractivity contribution in [2.75, 3.05) is 0 Å². The maximum absolute atomic E-state index is 2.53. The molecule has 0 bridgehead atoms. The van der Waals surface area contributed by atoms with Gasteiger partial charge in [0.25, 0.3) is 0 Å². The van der Waals surface area contributed by atoms with Crippen molar-refractivity contribution in [2.45, 2.75) is 51.5 Å². The Kier molecular flexibility index (Phi) is 3.57. The van der Waals surface area contributed by atoms with E-state index in [9.17, 15) is 0 Å². The van der Waals surface area contributed by atoms with E-state index in [0.717, 1.165) is 29.2 Å². The highest BCUT2D eigenvalue weighted by molar-refractivity contribution is 6.47. The van der Waals surface area contributed by atoms with Crippen molar-refractivity contribution in [1.82, 2.24) is 0 Å². The fourth-order valence-corrected chi connectivity index (χ4v) is 8.45. The second-order valence-corrected chi connectivity index (χ2v) is 10.1. The van der Waals surface area contributed by atoms with Gasteiger partial charge < -0.3 is 0 Å². The van der Waals surface area contributed by atoms with Gasteiger partial charge in [0, 0.05) is 0 Å². The molecule has 0 aromatic rings. The summed E-state index contributed by atoms with van der Waals surface area (Å²) in [6, 6.07) is 0. The lowest BCUT2D eigenvalue weighted by molar-refractivity contribution is 0.247. The molecular formula is C20H28Si. The summed E-state index contributed by atoms with van der Waals surface area (Å²) >= 11 is 0. The van der Waals surface area contributed by atoms with Crippen molar-refractivity contribution in [3.8, 4) is 0 Å². The van der Waals surface area contributed by atoms with Gasteiger partial charge in [0.2, 0.25) is 0 Å². The molecule has 0 spiro atoms. The minimum atomic E-state index is -0.0484. The van der Waals surface area contributed by atoms with Gasteiger partial charge in [-0.15, -0.1) is 0 Å². The lowest BCUT2D eigenvalue weighted by Crippen LogP contribution is -2.27. The van der Waals surface area contributed by atoms with Crippen LogP contribution in [0.1, 0.15) is 46.0 Å². The molecule has 0 saturated heterocycles. The van der Waals surface area contributed by atoms with Crippen LogP contribution in [0, 0.1) is 23.7 Å². The van der Waals surface area contributed by atoms with Crippen LogP contribution in [0.15, 0.2) is 46.7 Å². The van der Waals surface area contributed by atoms with Crippen LogP contribution in [-0.2, 0) is 0 Å². The molecule has 4 aliphatic carbocycles. The zero-order valence-corrected chi connectivity index (χ0v) is 14.9. The van der Waals surface area contributed by atoms with Gasteiger partial charge in [0.15, 0.2) is 0 Å². The third-order valence-corrected chi connectivity index (χ3v) is 9.74. The maximum atomic E-state index is 2.53. The molecule has 0 aromatic carbocycles. The SMILES string of the molecule is CC1=CCC([SiH2]C2CCCC3C4C=CC=CC4CC23)=C1C. The normalized spacial score (nSPS) is 41.8. The summed E-state index contributed by atoms with van der Waals surface area (Å²) < 4.78 is 0. The zero-order chi connectivity index (χ0) is 14.4. The Balaban J connectivity index is 1.52. The molecule has 0 aliphatic heterocycles. The van der Waals surface area contributed by atoms with Crippen molar-refractivity contribution in [1.29, 1.82) is 0 Å². The van der Waals surface area contributed by atoms with Crippen molar-refractivity contribution in [3.05, 3.63) is 46.7 Å². The molecule has 5 atom stereocenters. The lowest BCUT2D eigenvalue weighted by Gasteiger charge is -2.36. The standard InChI is InChI=1S/C20H28Si/c1-13-10-11-19(14(13)2)21-20-9-5-8-17-16-7-4-3-6-15(16)12-18(17)20/h3-4,6-7,10,15-18,20H,5,8-9,11-12,21H2,1-2H3. The average molecular weight is 297 g/mol. The molecule has 2 saturated carbocycles. The quantitative estimate of drug-likeness (QED) is 0.645. The molecule has 0 radical (unpaired) electrons. The van der Waals surface area contributed by atoms with Gasteiger partial charge in [-0.2, -0.15) is 0 Å². The van der Waals surface area contributed by atoms with E-state index in [1.807, 2.05) is 5.20 Å². The Morgan fingerprint density at radius 1 is 1.05 bits per heavy atom. The number of hydrogen-bond acceptors (Lipinski definition) is 0. The topological polar surface area (TPSA) is 0 Å². The van der Waals surface area contributed by atoms with Gasteiger partial charge in [-0.3, -0.25) is 0 Å². The number of rotatable bonds is 2. The lowest BCUT2D eigenvalue weighted by atomic mass is 9.76. The third-order valence-electron chi connectivity index (χ3n) is 6.89. The second kappa shape index (κ2) is 5.42. The molecule has 0 amide bonds. The van der Waals surface area contributed by atoms with E-state index in [1.165, 1.54) is 32.1 Å². The van der Waals surface area contributed by atoms with E-state index >= 15 is 0 Å². The van der Waals surface area contributed by atoms with Crippen molar-refractivity contribution in [3.63, 3.8) is 0 Å². The van der Waals surface area contributed by atoms with Crippen LogP contribution in [-0.4, -0.2) is 9.52 Å². The summed E-state index contributed by atoms with van der Waals surface area (Å²) in [6.45, 7) is 4.68. The Morgan fingerprint density at radius 3 is 2.71 bits per heavy atom. The van der Waals surface area contributed by atoms with Crippen molar-refractivity contribution < 1.29 is 0 Å². The van der Waals surface area contributed by atoms with Gasteiger partial charge in [-0.1, -0.05) is 59.6 Å². The first-order valence-corrected chi connectivity index (χ1v) is 10.5. The van der Waals surface area contributed by atoms with E-state index in [0.29, 0.717) is 0 Å². The van der Waals surface area contributed by atoms with Gasteiger partial charge >= 0.3 is 0 Å². The van der Waals surface area contributed by atoms with Crippen LogP contribution in [0.2, 0.25) is 5.54 Å². The largest absolute Gasteiger partial charge is 0.0808 e. The highest BCUT2D eigenvalue weighted by Gasteiger charge is 2.46. The predicted molar refractivity (Wildman–Crippen MR) is 94.1 cm³/mol. The van der Waals surface area contributed by atoms with E-state index in [1.54, 1.807) is 11.1 Å². The predicted octanol–water partition coefficient (Wildman–Crippen LogP) is 4.75. The number of allylic oxidation sites excluding steroid dienone is 8. The third kappa shape index (κ3) is 2.34. The van der Waals surface area contributed by atoms with Crippen LogP contribution >= 0.6 is 0 Å². The van der Waals surface area contributed by atoms with Crippen LogP contribution in [0.3, 0.4) is 0 Å². The molecule has 21 heavy (non-hydrogen) atoms. The Labute approximate surface area is 131 Å². The van der Waals surface area contributed by atoms with E-state index in [-0.39, 0.29) is 9.52 Å². The Morgan fingerprint density at radius 2 is 1.90 bits per heavy atom. The van der Waals surface area contributed by atoms with E-state index in [4.69, 9.17) is 0 Å². The first-order chi connectivity index (χ1) is 10.2. The van der Waals surface area contributed by atoms with Crippen molar-refractivity contribution in [2.24, 2.45) is 23.7 Å². The maximum Gasteiger partial charge on any atom is 0.0537 e. The van der Waals surface area contributed by atoms with Gasteiger partial charge in [-0.25, -0.2) is 0 Å². The summed E-state index contributed by atoms with van der Waals surface area (Å²) in [4.78, 5) is 0. The summed E-state index contributed by atoms with van der Waals surface area (Å²) in [7, 11) is -0.0484. The highest BCUT2D eigenvalue weighted by atomic mass is 28.2. The monoisotopic (exact) mass is 296 g/mol. The minimum Gasteiger partial charge on any atom is -0.0808 e. The first kappa shape index (κ1) is 13.8. The molecule has 5 unspecified atom stereocenters. The molecule has 0 N–H and O–H groups in total. The van der Waals surface area contributed by atoms with E-state index in [2.05, 4.69) is 44.2 Å². The molecule has 4 rings (SSSR count). The summed E-state index contributed by atoms with van der Waals surface area (Å²) in [6.07, 6.45) is 19.4. The molecule has 0 heterocycles. The summed E-state index contributed by atoms with van der Waals surface area (Å²) in [5.41, 5.74) is 4.33. The minimum absolute atomic E-state index is 0.0484. The molecule has 1 heteroatoms. The Bertz CT molecular complexity index is 548. The molecule has 112 valence electrons. The van der Waals surface area contributed by atoms with E-state index < -0.39 is 0 Å². The fraction of sp³-hybridized carbons (Fsp3) is 0.600. The van der Waals surface area contributed by atoms with Crippen LogP contribution in [0.25, 0.3) is 0 Å². The highest BCUT2D eigenvalue weighted by Crippen LogP contribution is 2.55. The number of hydrogen-bond donors (Lipinski definition) is 0. The molecular weight excluding hydrogens is 268 g/mol. The summed E-state index contributed by atoms with van der Waals surface area (Å²) in [5, 5.41) is 1.89. The summed E-state index contributed by atoms with van der Waals surface area (Å²) in [5.74, 6) is 3.82. The fourth-order valence-electron chi connectivity index (χ4n) is 5.59. The molecule has 0 aromatic heterocycles. The molecule has 0 nitrogen and oxygen atoms in total. The van der Waals surface area contributed by atoms with Gasteiger partial charge in [0.1, 0.15) is 0 Å². The zero-order valence-electron chi connectivity index (χ0n) is 13.5. The molecule has 4 aliphatic rings. The smallest absolute Gasteiger partial charge is 0.0537 e. The van der Waals surface area contributed by atoms with Crippen LogP contribution < -0.4 is 0 Å². The molecule has 2 fully saturated rings. The number of fused-ring (bicyclic) bond motifs is 3. The average Bonchev–Trinajstić information content (AvgIpc) is 3.03. The van der Waals surface area contributed by atoms with Crippen LogP contribution in [0.5, 0.6) is 0 Å². The van der Waals surface area contributed by atoms with Gasteiger partial charge in [0.05, 0.1) is 9.52 Å².